The number of hydrogen-bond acceptors (Lipinski definition) is 4. The van der Waals surface area contributed by atoms with Gasteiger partial charge in [-0.2, -0.15) is 5.26 Å². The van der Waals surface area contributed by atoms with Crippen LogP contribution in [-0.2, 0) is 20.7 Å². The number of aromatic nitrogens is 1. The van der Waals surface area contributed by atoms with Gasteiger partial charge in [0.15, 0.2) is 6.10 Å². The number of carbonyl (C=O) groups is 2. The number of carbonyl (C=O) groups excluding carboxylic acids is 2. The highest BCUT2D eigenvalue weighted by Crippen LogP contribution is 2.19. The van der Waals surface area contributed by atoms with Gasteiger partial charge in [0, 0.05) is 30.4 Å². The van der Waals surface area contributed by atoms with E-state index in [-0.39, 0.29) is 5.91 Å². The number of para-hydroxylation sites is 1. The van der Waals surface area contributed by atoms with Crippen LogP contribution in [0.2, 0.25) is 0 Å². The van der Waals surface area contributed by atoms with Crippen LogP contribution in [0.1, 0.15) is 19.4 Å². The molecule has 2 aromatic rings. The first-order chi connectivity index (χ1) is 10.5. The zero-order chi connectivity index (χ0) is 16.1. The van der Waals surface area contributed by atoms with Crippen molar-refractivity contribution in [1.29, 1.82) is 5.26 Å². The number of esters is 1. The molecule has 0 aliphatic carbocycles. The fraction of sp³-hybridized carbons (Fsp3) is 0.312. The lowest BCUT2D eigenvalue weighted by Gasteiger charge is -2.17. The molecule has 0 bridgehead atoms. The molecule has 114 valence electrons. The van der Waals surface area contributed by atoms with E-state index in [0.717, 1.165) is 16.5 Å². The van der Waals surface area contributed by atoms with Crippen LogP contribution in [-0.4, -0.2) is 29.0 Å². The molecule has 0 saturated heterocycles. The summed E-state index contributed by atoms with van der Waals surface area (Å²) in [5.74, 6) is -0.944. The second kappa shape index (κ2) is 6.76. The summed E-state index contributed by atoms with van der Waals surface area (Å²) >= 11 is 0. The normalized spacial score (nSPS) is 13.1. The number of nitriles is 1. The van der Waals surface area contributed by atoms with Gasteiger partial charge in [0.25, 0.3) is 0 Å². The number of amides is 1. The van der Waals surface area contributed by atoms with E-state index in [2.05, 4.69) is 10.3 Å². The smallest absolute Gasteiger partial charge is 0.330 e. The van der Waals surface area contributed by atoms with Crippen LogP contribution in [0.5, 0.6) is 0 Å². The van der Waals surface area contributed by atoms with E-state index in [0.29, 0.717) is 6.42 Å². The minimum atomic E-state index is -0.855. The fourth-order valence-electron chi connectivity index (χ4n) is 2.24. The van der Waals surface area contributed by atoms with Crippen molar-refractivity contribution < 1.29 is 14.3 Å². The molecule has 1 aromatic carbocycles. The SMILES string of the molecule is CC(=O)N[C@@H](Cc1c[nH]c2ccccc12)C(=O)O[C@H](C)C#N. The molecule has 6 nitrogen and oxygen atoms in total. The lowest BCUT2D eigenvalue weighted by Crippen LogP contribution is -2.43. The van der Waals surface area contributed by atoms with Gasteiger partial charge in [-0.3, -0.25) is 4.79 Å². The van der Waals surface area contributed by atoms with E-state index in [1.807, 2.05) is 30.3 Å². The molecule has 0 saturated carbocycles. The predicted molar refractivity (Wildman–Crippen MR) is 80.8 cm³/mol. The molecule has 6 heteroatoms. The van der Waals surface area contributed by atoms with E-state index < -0.39 is 18.1 Å². The number of aromatic amines is 1. The molecule has 0 spiro atoms. The third kappa shape index (κ3) is 3.64. The zero-order valence-corrected chi connectivity index (χ0v) is 12.4. The summed E-state index contributed by atoms with van der Waals surface area (Å²) in [6.45, 7) is 2.82. The van der Waals surface area contributed by atoms with Crippen LogP contribution in [0.3, 0.4) is 0 Å². The lowest BCUT2D eigenvalue weighted by molar-refractivity contribution is -0.149. The van der Waals surface area contributed by atoms with Crippen molar-refractivity contribution in [3.63, 3.8) is 0 Å². The first-order valence-electron chi connectivity index (χ1n) is 6.93. The van der Waals surface area contributed by atoms with E-state index in [1.165, 1.54) is 13.8 Å². The zero-order valence-electron chi connectivity index (χ0n) is 12.4. The summed E-state index contributed by atoms with van der Waals surface area (Å²) in [6.07, 6.45) is 1.24. The minimum absolute atomic E-state index is 0.292. The number of nitrogens with one attached hydrogen (secondary N) is 2. The van der Waals surface area contributed by atoms with Crippen LogP contribution >= 0.6 is 0 Å². The van der Waals surface area contributed by atoms with Crippen LogP contribution in [0.25, 0.3) is 10.9 Å². The topological polar surface area (TPSA) is 95.0 Å². The Balaban J connectivity index is 2.21. The maximum atomic E-state index is 12.1. The number of ether oxygens (including phenoxy) is 1. The molecule has 22 heavy (non-hydrogen) atoms. The number of fused-ring (bicyclic) bond motifs is 1. The highest BCUT2D eigenvalue weighted by atomic mass is 16.5. The van der Waals surface area contributed by atoms with Crippen LogP contribution in [0.4, 0.5) is 0 Å². The van der Waals surface area contributed by atoms with Crippen molar-refractivity contribution in [2.75, 3.05) is 0 Å². The average Bonchev–Trinajstić information content (AvgIpc) is 2.89. The fourth-order valence-corrected chi connectivity index (χ4v) is 2.24. The lowest BCUT2D eigenvalue weighted by atomic mass is 10.0. The monoisotopic (exact) mass is 299 g/mol. The van der Waals surface area contributed by atoms with Crippen LogP contribution < -0.4 is 5.32 Å². The maximum Gasteiger partial charge on any atom is 0.330 e. The molecule has 1 heterocycles. The highest BCUT2D eigenvalue weighted by molar-refractivity contribution is 5.86. The Labute approximate surface area is 128 Å². The van der Waals surface area contributed by atoms with Crippen molar-refractivity contribution in [2.45, 2.75) is 32.4 Å². The Morgan fingerprint density at radius 1 is 1.41 bits per heavy atom. The van der Waals surface area contributed by atoms with Gasteiger partial charge >= 0.3 is 5.97 Å². The van der Waals surface area contributed by atoms with E-state index >= 15 is 0 Å². The second-order valence-corrected chi connectivity index (χ2v) is 5.02. The van der Waals surface area contributed by atoms with Crippen molar-refractivity contribution >= 4 is 22.8 Å². The molecule has 0 fully saturated rings. The summed E-state index contributed by atoms with van der Waals surface area (Å²) < 4.78 is 5.00. The Hall–Kier alpha value is -2.81. The highest BCUT2D eigenvalue weighted by Gasteiger charge is 2.24. The van der Waals surface area contributed by atoms with Gasteiger partial charge in [0.05, 0.1) is 0 Å². The van der Waals surface area contributed by atoms with Crippen molar-refractivity contribution in [3.05, 3.63) is 36.0 Å². The second-order valence-electron chi connectivity index (χ2n) is 5.02. The largest absolute Gasteiger partial charge is 0.446 e. The molecule has 1 aromatic heterocycles. The summed E-state index contributed by atoms with van der Waals surface area (Å²) in [5, 5.41) is 12.3. The Morgan fingerprint density at radius 3 is 2.82 bits per heavy atom. The molecule has 1 amide bonds. The van der Waals surface area contributed by atoms with Crippen molar-refractivity contribution in [1.82, 2.24) is 10.3 Å². The molecule has 2 atom stereocenters. The number of rotatable bonds is 5. The Bertz CT molecular complexity index is 730. The Morgan fingerprint density at radius 2 is 2.14 bits per heavy atom. The van der Waals surface area contributed by atoms with Gasteiger partial charge in [0.1, 0.15) is 12.1 Å². The molecule has 2 rings (SSSR count). The molecule has 0 aliphatic rings. The van der Waals surface area contributed by atoms with Gasteiger partial charge in [-0.05, 0) is 18.6 Å². The number of H-pyrrole nitrogens is 1. The first kappa shape index (κ1) is 15.6. The summed E-state index contributed by atoms with van der Waals surface area (Å²) in [5.41, 5.74) is 1.86. The first-order valence-corrected chi connectivity index (χ1v) is 6.93. The van der Waals surface area contributed by atoms with Gasteiger partial charge < -0.3 is 15.0 Å². The van der Waals surface area contributed by atoms with Gasteiger partial charge in [0.2, 0.25) is 5.91 Å². The average molecular weight is 299 g/mol. The van der Waals surface area contributed by atoms with Crippen molar-refractivity contribution in [3.8, 4) is 6.07 Å². The van der Waals surface area contributed by atoms with E-state index in [1.54, 1.807) is 6.20 Å². The maximum absolute atomic E-state index is 12.1. The van der Waals surface area contributed by atoms with E-state index in [9.17, 15) is 9.59 Å². The van der Waals surface area contributed by atoms with Gasteiger partial charge in [-0.1, -0.05) is 18.2 Å². The van der Waals surface area contributed by atoms with Crippen LogP contribution in [0.15, 0.2) is 30.5 Å². The molecule has 0 aliphatic heterocycles. The van der Waals surface area contributed by atoms with Gasteiger partial charge in [-0.25, -0.2) is 4.79 Å². The third-order valence-electron chi connectivity index (χ3n) is 3.24. The molecule has 0 unspecified atom stereocenters. The molecule has 2 N–H and O–H groups in total. The summed E-state index contributed by atoms with van der Waals surface area (Å²) in [7, 11) is 0. The molecule has 0 radical (unpaired) electrons. The standard InChI is InChI=1S/C16H17N3O3/c1-10(8-17)22-16(21)15(19-11(2)20)7-12-9-18-14-6-4-3-5-13(12)14/h3-6,9-10,15,18H,7H2,1-2H3,(H,19,20)/t10-,15+/m1/s1. The van der Waals surface area contributed by atoms with Gasteiger partial charge in [-0.15, -0.1) is 0 Å². The molecular weight excluding hydrogens is 282 g/mol. The van der Waals surface area contributed by atoms with E-state index in [4.69, 9.17) is 10.00 Å². The minimum Gasteiger partial charge on any atom is -0.446 e. The number of nitrogens with zero attached hydrogens (tertiary/aromatic N) is 1. The van der Waals surface area contributed by atoms with Crippen molar-refractivity contribution in [2.24, 2.45) is 0 Å². The number of benzene rings is 1. The quantitative estimate of drug-likeness (QED) is 0.821. The predicted octanol–water partition coefficient (Wildman–Crippen LogP) is 1.67. The van der Waals surface area contributed by atoms with Crippen LogP contribution in [0, 0.1) is 11.3 Å². The summed E-state index contributed by atoms with van der Waals surface area (Å²) in [4.78, 5) is 26.5. The summed E-state index contributed by atoms with van der Waals surface area (Å²) in [6, 6.07) is 8.70. The Kier molecular flexibility index (Phi) is 4.79. The number of hydrogen-bond donors (Lipinski definition) is 2. The molecular formula is C16H17N3O3. The third-order valence-corrected chi connectivity index (χ3v) is 3.24.